The van der Waals surface area contributed by atoms with E-state index in [0.717, 1.165) is 23.9 Å². The summed E-state index contributed by atoms with van der Waals surface area (Å²) in [6, 6.07) is 8.81. The van der Waals surface area contributed by atoms with E-state index in [4.69, 9.17) is 4.74 Å². The van der Waals surface area contributed by atoms with Crippen LogP contribution in [0.5, 0.6) is 5.75 Å². The van der Waals surface area contributed by atoms with Crippen LogP contribution in [-0.4, -0.2) is 30.8 Å². The standard InChI is InChI=1S/C23H25F2N5O4S/c1-13(2)12-29-21(14(3)34-18-8-5-16(24)6-9-18)27-28-23(29)35-15(4)22(31)26-17-7-10-19(25)20(11-17)30(32)33/h5-11,13-15H,12H2,1-4H3,(H,26,31). The summed E-state index contributed by atoms with van der Waals surface area (Å²) in [6.45, 7) is 8.09. The van der Waals surface area contributed by atoms with Gasteiger partial charge in [0.25, 0.3) is 0 Å². The van der Waals surface area contributed by atoms with Crippen LogP contribution in [0.1, 0.15) is 39.6 Å². The number of nitrogens with one attached hydrogen (secondary N) is 1. The summed E-state index contributed by atoms with van der Waals surface area (Å²) in [7, 11) is 0. The Labute approximate surface area is 205 Å². The number of halogens is 2. The van der Waals surface area contributed by atoms with E-state index in [1.807, 2.05) is 18.4 Å². The third-order valence-electron chi connectivity index (χ3n) is 4.85. The van der Waals surface area contributed by atoms with E-state index in [2.05, 4.69) is 15.5 Å². The number of amides is 1. The molecule has 3 rings (SSSR count). The SMILES string of the molecule is CC(C)Cn1c(SC(C)C(=O)Nc2ccc(F)c([N+](=O)[O-])c2)nnc1C(C)Oc1ccc(F)cc1. The van der Waals surface area contributed by atoms with E-state index in [-0.39, 0.29) is 17.4 Å². The summed E-state index contributed by atoms with van der Waals surface area (Å²) in [5.41, 5.74) is -0.610. The molecule has 0 aliphatic heterocycles. The molecule has 1 aromatic heterocycles. The zero-order chi connectivity index (χ0) is 25.7. The minimum absolute atomic E-state index is 0.112. The molecule has 2 unspecified atom stereocenters. The van der Waals surface area contributed by atoms with Gasteiger partial charge in [-0.3, -0.25) is 14.9 Å². The van der Waals surface area contributed by atoms with E-state index in [1.54, 1.807) is 13.8 Å². The summed E-state index contributed by atoms with van der Waals surface area (Å²) in [6.07, 6.45) is -0.495. The van der Waals surface area contributed by atoms with Crippen LogP contribution in [0, 0.1) is 27.7 Å². The van der Waals surface area contributed by atoms with Crippen LogP contribution in [0.2, 0.25) is 0 Å². The van der Waals surface area contributed by atoms with Crippen LogP contribution in [0.15, 0.2) is 47.6 Å². The van der Waals surface area contributed by atoms with E-state index < -0.39 is 33.7 Å². The lowest BCUT2D eigenvalue weighted by molar-refractivity contribution is -0.387. The molecule has 0 fully saturated rings. The van der Waals surface area contributed by atoms with E-state index in [0.29, 0.717) is 23.3 Å². The zero-order valence-electron chi connectivity index (χ0n) is 19.6. The summed E-state index contributed by atoms with van der Waals surface area (Å²) in [4.78, 5) is 22.8. The van der Waals surface area contributed by atoms with Crippen LogP contribution in [0.3, 0.4) is 0 Å². The normalized spacial score (nSPS) is 12.9. The smallest absolute Gasteiger partial charge is 0.306 e. The predicted octanol–water partition coefficient (Wildman–Crippen LogP) is 5.38. The number of rotatable bonds is 10. The molecule has 186 valence electrons. The molecule has 35 heavy (non-hydrogen) atoms. The monoisotopic (exact) mass is 505 g/mol. The minimum Gasteiger partial charge on any atom is -0.483 e. The Hall–Kier alpha value is -3.54. The van der Waals surface area contributed by atoms with Crippen molar-refractivity contribution in [1.82, 2.24) is 14.8 Å². The van der Waals surface area contributed by atoms with Crippen molar-refractivity contribution in [3.05, 3.63) is 70.0 Å². The second kappa shape index (κ2) is 11.3. The first-order valence-electron chi connectivity index (χ1n) is 10.8. The zero-order valence-corrected chi connectivity index (χ0v) is 20.4. The second-order valence-corrected chi connectivity index (χ2v) is 9.54. The number of hydrogen-bond acceptors (Lipinski definition) is 7. The van der Waals surface area contributed by atoms with Gasteiger partial charge in [0.15, 0.2) is 17.1 Å². The van der Waals surface area contributed by atoms with Gasteiger partial charge in [0.05, 0.1) is 10.2 Å². The van der Waals surface area contributed by atoms with Crippen LogP contribution in [0.25, 0.3) is 0 Å². The minimum atomic E-state index is -0.985. The topological polar surface area (TPSA) is 112 Å². The molecule has 0 saturated carbocycles. The molecule has 0 bridgehead atoms. The van der Waals surface area contributed by atoms with E-state index in [1.165, 1.54) is 30.3 Å². The van der Waals surface area contributed by atoms with Gasteiger partial charge in [0.1, 0.15) is 11.6 Å². The number of nitro benzene ring substituents is 1. The van der Waals surface area contributed by atoms with Crippen LogP contribution in [0.4, 0.5) is 20.2 Å². The van der Waals surface area contributed by atoms with Crippen molar-refractivity contribution in [3.63, 3.8) is 0 Å². The van der Waals surface area contributed by atoms with Crippen molar-refractivity contribution in [2.75, 3.05) is 5.32 Å². The number of nitro groups is 1. The Balaban J connectivity index is 1.75. The number of aromatic nitrogens is 3. The van der Waals surface area contributed by atoms with E-state index in [9.17, 15) is 23.7 Å². The third-order valence-corrected chi connectivity index (χ3v) is 5.93. The maximum absolute atomic E-state index is 13.6. The van der Waals surface area contributed by atoms with Crippen molar-refractivity contribution in [2.45, 2.75) is 50.8 Å². The molecule has 12 heteroatoms. The molecule has 0 aliphatic rings. The number of thioether (sulfide) groups is 1. The number of nitrogens with zero attached hydrogens (tertiary/aromatic N) is 4. The maximum Gasteiger partial charge on any atom is 0.306 e. The Bertz CT molecular complexity index is 1200. The first-order chi connectivity index (χ1) is 16.5. The van der Waals surface area contributed by atoms with Crippen molar-refractivity contribution in [1.29, 1.82) is 0 Å². The Morgan fingerprint density at radius 2 is 1.83 bits per heavy atom. The lowest BCUT2D eigenvalue weighted by Crippen LogP contribution is -2.23. The second-order valence-electron chi connectivity index (χ2n) is 8.23. The summed E-state index contributed by atoms with van der Waals surface area (Å²) in [5, 5.41) is 21.9. The van der Waals surface area contributed by atoms with E-state index >= 15 is 0 Å². The van der Waals surface area contributed by atoms with Crippen LogP contribution >= 0.6 is 11.8 Å². The van der Waals surface area contributed by atoms with Gasteiger partial charge >= 0.3 is 5.69 Å². The molecule has 1 heterocycles. The molecule has 0 aliphatic carbocycles. The van der Waals surface area contributed by atoms with Gasteiger partial charge in [-0.25, -0.2) is 4.39 Å². The predicted molar refractivity (Wildman–Crippen MR) is 127 cm³/mol. The molecule has 3 aromatic rings. The summed E-state index contributed by atoms with van der Waals surface area (Å²) >= 11 is 1.16. The average Bonchev–Trinajstić information content (AvgIpc) is 3.17. The largest absolute Gasteiger partial charge is 0.483 e. The first kappa shape index (κ1) is 26.1. The average molecular weight is 506 g/mol. The fourth-order valence-electron chi connectivity index (χ4n) is 3.18. The highest BCUT2D eigenvalue weighted by atomic mass is 32.2. The number of ether oxygens (including phenoxy) is 1. The van der Waals surface area contributed by atoms with Crippen molar-refractivity contribution in [3.8, 4) is 5.75 Å². The van der Waals surface area contributed by atoms with Gasteiger partial charge < -0.3 is 14.6 Å². The van der Waals surface area contributed by atoms with Gasteiger partial charge in [-0.05, 0) is 56.2 Å². The fourth-order valence-corrected chi connectivity index (χ4v) is 4.05. The summed E-state index contributed by atoms with van der Waals surface area (Å²) in [5.74, 6) is -0.519. The molecule has 0 spiro atoms. The number of hydrogen-bond donors (Lipinski definition) is 1. The van der Waals surface area contributed by atoms with Crippen LogP contribution < -0.4 is 10.1 Å². The van der Waals surface area contributed by atoms with Crippen molar-refractivity contribution >= 4 is 29.0 Å². The molecule has 1 N–H and O–H groups in total. The fraction of sp³-hybridized carbons (Fsp3) is 0.348. The molecule has 1 amide bonds. The molecule has 0 saturated heterocycles. The number of benzene rings is 2. The van der Waals surface area contributed by atoms with Gasteiger partial charge in [0.2, 0.25) is 11.7 Å². The highest BCUT2D eigenvalue weighted by Gasteiger charge is 2.25. The molecule has 0 radical (unpaired) electrons. The molecule has 2 aromatic carbocycles. The van der Waals surface area contributed by atoms with Gasteiger partial charge in [-0.1, -0.05) is 25.6 Å². The number of carbonyl (C=O) groups excluding carboxylic acids is 1. The molecule has 2 atom stereocenters. The highest BCUT2D eigenvalue weighted by Crippen LogP contribution is 2.29. The Kier molecular flexibility index (Phi) is 8.39. The van der Waals surface area contributed by atoms with Crippen molar-refractivity contribution < 1.29 is 23.2 Å². The lowest BCUT2D eigenvalue weighted by Gasteiger charge is -2.18. The molecular formula is C23H25F2N5O4S. The Morgan fingerprint density at radius 3 is 2.46 bits per heavy atom. The third kappa shape index (κ3) is 6.75. The Morgan fingerprint density at radius 1 is 1.14 bits per heavy atom. The quantitative estimate of drug-likeness (QED) is 0.224. The first-order valence-corrected chi connectivity index (χ1v) is 11.7. The highest BCUT2D eigenvalue weighted by molar-refractivity contribution is 8.00. The molecular weight excluding hydrogens is 480 g/mol. The van der Waals surface area contributed by atoms with Gasteiger partial charge in [0, 0.05) is 18.3 Å². The number of anilines is 1. The van der Waals surface area contributed by atoms with Gasteiger partial charge in [-0.15, -0.1) is 10.2 Å². The van der Waals surface area contributed by atoms with Crippen molar-refractivity contribution in [2.24, 2.45) is 5.92 Å². The molecule has 9 nitrogen and oxygen atoms in total. The lowest BCUT2D eigenvalue weighted by atomic mass is 10.2. The van der Waals surface area contributed by atoms with Crippen LogP contribution in [-0.2, 0) is 11.3 Å². The van der Waals surface area contributed by atoms with Gasteiger partial charge in [-0.2, -0.15) is 4.39 Å². The maximum atomic E-state index is 13.6. The summed E-state index contributed by atoms with van der Waals surface area (Å²) < 4.78 is 34.5. The number of carbonyl (C=O) groups is 1.